The molecule has 0 amide bonds. The van der Waals surface area contributed by atoms with Crippen LogP contribution in [0.15, 0.2) is 48.6 Å². The minimum atomic E-state index is -0.536. The molecule has 0 aromatic rings. The molecule has 0 N–H and O–H groups in total. The van der Waals surface area contributed by atoms with Gasteiger partial charge in [-0.2, -0.15) is 0 Å². The number of carbonyl (C=O) groups is 2. The van der Waals surface area contributed by atoms with E-state index in [-0.39, 0.29) is 25.2 Å². The third-order valence-corrected chi connectivity index (χ3v) is 10.8. The first kappa shape index (κ1) is 55.9. The molecule has 1 atom stereocenters. The van der Waals surface area contributed by atoms with Crippen molar-refractivity contribution in [3.8, 4) is 0 Å². The second-order valence-corrected chi connectivity index (χ2v) is 16.7. The van der Waals surface area contributed by atoms with Crippen LogP contribution in [-0.4, -0.2) is 37.9 Å². The van der Waals surface area contributed by atoms with Gasteiger partial charge in [-0.3, -0.25) is 9.59 Å². The smallest absolute Gasteiger partial charge is 0.306 e. The summed E-state index contributed by atoms with van der Waals surface area (Å²) in [7, 11) is 0. The van der Waals surface area contributed by atoms with E-state index in [1.165, 1.54) is 148 Å². The van der Waals surface area contributed by atoms with Gasteiger partial charge in [0.05, 0.1) is 6.61 Å². The number of hydrogen-bond acceptors (Lipinski definition) is 5. The molecule has 5 nitrogen and oxygen atoms in total. The van der Waals surface area contributed by atoms with Gasteiger partial charge in [-0.05, 0) is 77.0 Å². The molecule has 0 aliphatic heterocycles. The maximum atomic E-state index is 12.7. The fourth-order valence-corrected chi connectivity index (χ4v) is 7.11. The number of ether oxygens (including phenoxy) is 3. The van der Waals surface area contributed by atoms with Crippen molar-refractivity contribution in [1.82, 2.24) is 0 Å². The van der Waals surface area contributed by atoms with Gasteiger partial charge in [0, 0.05) is 19.4 Å². The molecule has 0 spiro atoms. The Bertz CT molecular complexity index is 966. The van der Waals surface area contributed by atoms with E-state index < -0.39 is 6.10 Å². The summed E-state index contributed by atoms with van der Waals surface area (Å²) in [5, 5.41) is 0. The van der Waals surface area contributed by atoms with Crippen molar-refractivity contribution in [2.75, 3.05) is 19.8 Å². The molecule has 0 saturated carbocycles. The summed E-state index contributed by atoms with van der Waals surface area (Å²) in [6, 6.07) is 0. The van der Waals surface area contributed by atoms with Crippen LogP contribution in [0.2, 0.25) is 0 Å². The first-order chi connectivity index (χ1) is 28.6. The topological polar surface area (TPSA) is 61.8 Å². The number of carbonyl (C=O) groups excluding carboxylic acids is 2. The summed E-state index contributed by atoms with van der Waals surface area (Å²) in [5.74, 6) is -0.406. The molecule has 0 aromatic heterocycles. The Labute approximate surface area is 361 Å². The van der Waals surface area contributed by atoms with Crippen molar-refractivity contribution in [1.29, 1.82) is 0 Å². The van der Waals surface area contributed by atoms with Crippen molar-refractivity contribution in [3.63, 3.8) is 0 Å². The van der Waals surface area contributed by atoms with Crippen LogP contribution in [0.4, 0.5) is 0 Å². The first-order valence-electron chi connectivity index (χ1n) is 25.2. The number of esters is 2. The second-order valence-electron chi connectivity index (χ2n) is 16.7. The van der Waals surface area contributed by atoms with Crippen LogP contribution in [0.1, 0.15) is 252 Å². The lowest BCUT2D eigenvalue weighted by Crippen LogP contribution is -2.30. The van der Waals surface area contributed by atoms with Crippen LogP contribution in [0.5, 0.6) is 0 Å². The maximum Gasteiger partial charge on any atom is 0.306 e. The van der Waals surface area contributed by atoms with Crippen LogP contribution >= 0.6 is 0 Å². The number of allylic oxidation sites excluding steroid dienone is 8. The molecule has 0 aliphatic rings. The van der Waals surface area contributed by atoms with Gasteiger partial charge in [-0.15, -0.1) is 0 Å². The normalized spacial score (nSPS) is 12.5. The summed E-state index contributed by atoms with van der Waals surface area (Å²) in [5.41, 5.74) is 0. The lowest BCUT2D eigenvalue weighted by Gasteiger charge is -2.18. The molecule has 1 unspecified atom stereocenters. The molecule has 58 heavy (non-hydrogen) atoms. The summed E-state index contributed by atoms with van der Waals surface area (Å²) in [6.07, 6.45) is 59.9. The molecule has 0 heterocycles. The third kappa shape index (κ3) is 46.5. The fraction of sp³-hybridized carbons (Fsp3) is 0.811. The van der Waals surface area contributed by atoms with E-state index in [9.17, 15) is 9.59 Å². The number of rotatable bonds is 46. The van der Waals surface area contributed by atoms with Crippen LogP contribution in [-0.2, 0) is 23.8 Å². The molecule has 5 heteroatoms. The summed E-state index contributed by atoms with van der Waals surface area (Å²) in [4.78, 5) is 25.3. The SMILES string of the molecule is CC/C=C\C/C=C\C/C=C\CCCCCCCCCC(=O)OC(COCCCCCCCC)COC(=O)CCCCCCCCCCC/C=C\CCCCCCCC. The predicted molar refractivity (Wildman–Crippen MR) is 251 cm³/mol. The lowest BCUT2D eigenvalue weighted by atomic mass is 10.1. The minimum Gasteiger partial charge on any atom is -0.462 e. The van der Waals surface area contributed by atoms with Gasteiger partial charge in [0.15, 0.2) is 6.10 Å². The number of unbranched alkanes of at least 4 members (excludes halogenated alkanes) is 27. The molecule has 0 bridgehead atoms. The monoisotopic (exact) mass is 813 g/mol. The van der Waals surface area contributed by atoms with Crippen molar-refractivity contribution in [2.24, 2.45) is 0 Å². The van der Waals surface area contributed by atoms with E-state index in [1.807, 2.05) is 0 Å². The highest BCUT2D eigenvalue weighted by Gasteiger charge is 2.17. The zero-order valence-corrected chi connectivity index (χ0v) is 38.8. The van der Waals surface area contributed by atoms with Gasteiger partial charge in [-0.1, -0.05) is 211 Å². The van der Waals surface area contributed by atoms with E-state index in [2.05, 4.69) is 69.4 Å². The minimum absolute atomic E-state index is 0.0819. The Morgan fingerprint density at radius 3 is 1.26 bits per heavy atom. The molecular weight excluding hydrogens is 717 g/mol. The van der Waals surface area contributed by atoms with Crippen molar-refractivity contribution >= 4 is 11.9 Å². The van der Waals surface area contributed by atoms with Crippen molar-refractivity contribution in [2.45, 2.75) is 258 Å². The molecule has 338 valence electrons. The standard InChI is InChI=1S/C53H96O5/c1-4-7-10-13-16-18-20-22-24-26-27-29-30-32-34-36-38-40-43-46-52(54)57-50-51(49-56-48-45-42-15-12-9-6-3)58-53(55)47-44-41-39-37-35-33-31-28-25-23-21-19-17-14-11-8-5-2/h8,11,17,19,22-25,51H,4-7,9-10,12-16,18,20-21,26-50H2,1-3H3/b11-8-,19-17-,24-22-,25-23-. The zero-order chi connectivity index (χ0) is 42.1. The van der Waals surface area contributed by atoms with E-state index in [0.717, 1.165) is 70.6 Å². The molecule has 0 radical (unpaired) electrons. The molecule has 0 rings (SSSR count). The molecule has 0 aromatic carbocycles. The van der Waals surface area contributed by atoms with Gasteiger partial charge < -0.3 is 14.2 Å². The fourth-order valence-electron chi connectivity index (χ4n) is 7.11. The predicted octanol–water partition coefficient (Wildman–Crippen LogP) is 16.8. The quantitative estimate of drug-likeness (QED) is 0.0348. The second kappa shape index (κ2) is 49.2. The van der Waals surface area contributed by atoms with E-state index in [1.54, 1.807) is 0 Å². The van der Waals surface area contributed by atoms with Crippen LogP contribution in [0.25, 0.3) is 0 Å². The van der Waals surface area contributed by atoms with Gasteiger partial charge >= 0.3 is 11.9 Å². The Hall–Kier alpha value is -2.14. The zero-order valence-electron chi connectivity index (χ0n) is 38.8. The number of hydrogen-bond donors (Lipinski definition) is 0. The van der Waals surface area contributed by atoms with Crippen molar-refractivity contribution < 1.29 is 23.8 Å². The molecular formula is C53H96O5. The van der Waals surface area contributed by atoms with Gasteiger partial charge in [-0.25, -0.2) is 0 Å². The highest BCUT2D eigenvalue weighted by molar-refractivity contribution is 5.70. The van der Waals surface area contributed by atoms with Crippen LogP contribution in [0, 0.1) is 0 Å². The summed E-state index contributed by atoms with van der Waals surface area (Å²) in [6.45, 7) is 7.69. The van der Waals surface area contributed by atoms with Gasteiger partial charge in [0.1, 0.15) is 6.61 Å². The molecule has 0 fully saturated rings. The lowest BCUT2D eigenvalue weighted by molar-refractivity contribution is -0.163. The van der Waals surface area contributed by atoms with E-state index >= 15 is 0 Å². The first-order valence-corrected chi connectivity index (χ1v) is 25.2. The highest BCUT2D eigenvalue weighted by Crippen LogP contribution is 2.15. The Morgan fingerprint density at radius 1 is 0.397 bits per heavy atom. The van der Waals surface area contributed by atoms with Gasteiger partial charge in [0.2, 0.25) is 0 Å². The average Bonchev–Trinajstić information content (AvgIpc) is 3.22. The van der Waals surface area contributed by atoms with Crippen molar-refractivity contribution in [3.05, 3.63) is 48.6 Å². The summed E-state index contributed by atoms with van der Waals surface area (Å²) >= 11 is 0. The Kier molecular flexibility index (Phi) is 47.4. The third-order valence-electron chi connectivity index (χ3n) is 10.8. The molecule has 0 saturated heterocycles. The highest BCUT2D eigenvalue weighted by atomic mass is 16.6. The Balaban J connectivity index is 4.07. The summed E-state index contributed by atoms with van der Waals surface area (Å²) < 4.78 is 17.3. The Morgan fingerprint density at radius 2 is 0.776 bits per heavy atom. The van der Waals surface area contributed by atoms with E-state index in [4.69, 9.17) is 14.2 Å². The maximum absolute atomic E-state index is 12.7. The van der Waals surface area contributed by atoms with Crippen LogP contribution < -0.4 is 0 Å². The molecule has 0 aliphatic carbocycles. The van der Waals surface area contributed by atoms with Crippen LogP contribution in [0.3, 0.4) is 0 Å². The van der Waals surface area contributed by atoms with E-state index in [0.29, 0.717) is 19.4 Å². The van der Waals surface area contributed by atoms with Gasteiger partial charge in [0.25, 0.3) is 0 Å². The largest absolute Gasteiger partial charge is 0.462 e. The average molecular weight is 813 g/mol.